The van der Waals surface area contributed by atoms with Crippen molar-refractivity contribution in [1.82, 2.24) is 4.90 Å². The fraction of sp³-hybridized carbons (Fsp3) is 0.917. The molecule has 1 spiro atoms. The molecule has 0 bridgehead atoms. The van der Waals surface area contributed by atoms with Crippen LogP contribution in [-0.2, 0) is 0 Å². The maximum atomic E-state index is 8.10. The van der Waals surface area contributed by atoms with Crippen molar-refractivity contribution in [3.63, 3.8) is 0 Å². The Kier molecular flexibility index (Phi) is 2.80. The van der Waals surface area contributed by atoms with Crippen molar-refractivity contribution in [1.29, 1.82) is 5.41 Å². The van der Waals surface area contributed by atoms with Gasteiger partial charge in [0.15, 0.2) is 0 Å². The van der Waals surface area contributed by atoms with Crippen molar-refractivity contribution >= 4 is 5.84 Å². The molecular formula is C12H22N2. The van der Waals surface area contributed by atoms with E-state index in [2.05, 4.69) is 11.8 Å². The van der Waals surface area contributed by atoms with Crippen molar-refractivity contribution in [2.75, 3.05) is 6.54 Å². The van der Waals surface area contributed by atoms with Crippen LogP contribution in [0.25, 0.3) is 0 Å². The summed E-state index contributed by atoms with van der Waals surface area (Å²) in [6, 6.07) is 0. The number of amidine groups is 1. The fourth-order valence-corrected chi connectivity index (χ4v) is 3.28. The van der Waals surface area contributed by atoms with E-state index in [9.17, 15) is 0 Å². The molecule has 1 N–H and O–H groups in total. The van der Waals surface area contributed by atoms with Crippen molar-refractivity contribution in [3.8, 4) is 0 Å². The molecule has 80 valence electrons. The molecule has 1 heterocycles. The topological polar surface area (TPSA) is 27.1 Å². The maximum Gasteiger partial charge on any atom is 0.0962 e. The zero-order chi connectivity index (χ0) is 10.0. The summed E-state index contributed by atoms with van der Waals surface area (Å²) in [5, 5.41) is 8.10. The van der Waals surface area contributed by atoms with Crippen LogP contribution < -0.4 is 0 Å². The lowest BCUT2D eigenvalue weighted by Gasteiger charge is -2.37. The molecule has 2 nitrogen and oxygen atoms in total. The molecule has 0 amide bonds. The standard InChI is InChI=1S/C12H22N2/c1-2-6-11(13)14-10-5-9-12(14)7-3-4-8-12/h13H,2-10H2,1H3. The number of rotatable bonds is 2. The van der Waals surface area contributed by atoms with E-state index in [4.69, 9.17) is 5.41 Å². The van der Waals surface area contributed by atoms with Gasteiger partial charge in [-0.1, -0.05) is 19.8 Å². The van der Waals surface area contributed by atoms with Gasteiger partial charge < -0.3 is 4.90 Å². The summed E-state index contributed by atoms with van der Waals surface area (Å²) >= 11 is 0. The Bertz CT molecular complexity index is 211. The Morgan fingerprint density at radius 2 is 1.86 bits per heavy atom. The number of nitrogens with one attached hydrogen (secondary N) is 1. The predicted molar refractivity (Wildman–Crippen MR) is 59.8 cm³/mol. The lowest BCUT2D eigenvalue weighted by atomic mass is 9.94. The number of likely N-dealkylation sites (tertiary alicyclic amines) is 1. The number of hydrogen-bond donors (Lipinski definition) is 1. The average Bonchev–Trinajstić information content (AvgIpc) is 2.78. The molecule has 2 heteroatoms. The molecule has 2 aliphatic rings. The Balaban J connectivity index is 2.06. The van der Waals surface area contributed by atoms with Gasteiger partial charge in [-0.25, -0.2) is 0 Å². The van der Waals surface area contributed by atoms with Gasteiger partial charge in [0.2, 0.25) is 0 Å². The zero-order valence-corrected chi connectivity index (χ0v) is 9.31. The van der Waals surface area contributed by atoms with Gasteiger partial charge in [-0.3, -0.25) is 5.41 Å². The van der Waals surface area contributed by atoms with Crippen LogP contribution in [0.3, 0.4) is 0 Å². The number of hydrogen-bond acceptors (Lipinski definition) is 1. The minimum absolute atomic E-state index is 0.437. The summed E-state index contributed by atoms with van der Waals surface area (Å²) < 4.78 is 0. The van der Waals surface area contributed by atoms with Crippen molar-refractivity contribution in [3.05, 3.63) is 0 Å². The van der Waals surface area contributed by atoms with Gasteiger partial charge in [0.25, 0.3) is 0 Å². The van der Waals surface area contributed by atoms with Gasteiger partial charge in [-0.2, -0.15) is 0 Å². The first-order valence-corrected chi connectivity index (χ1v) is 6.13. The van der Waals surface area contributed by atoms with E-state index in [0.717, 1.165) is 25.2 Å². The number of nitrogens with zero attached hydrogens (tertiary/aromatic N) is 1. The molecule has 0 atom stereocenters. The molecule has 0 aromatic heterocycles. The molecule has 1 saturated heterocycles. The quantitative estimate of drug-likeness (QED) is 0.530. The van der Waals surface area contributed by atoms with Gasteiger partial charge in [0.1, 0.15) is 0 Å². The van der Waals surface area contributed by atoms with Gasteiger partial charge in [0.05, 0.1) is 5.84 Å². The highest BCUT2D eigenvalue weighted by molar-refractivity contribution is 5.80. The van der Waals surface area contributed by atoms with E-state index >= 15 is 0 Å². The van der Waals surface area contributed by atoms with Crippen LogP contribution in [0, 0.1) is 5.41 Å². The Labute approximate surface area is 87.2 Å². The second-order valence-electron chi connectivity index (χ2n) is 4.88. The largest absolute Gasteiger partial charge is 0.355 e. The molecule has 2 fully saturated rings. The fourth-order valence-electron chi connectivity index (χ4n) is 3.28. The van der Waals surface area contributed by atoms with Crippen LogP contribution in [-0.4, -0.2) is 22.8 Å². The molecular weight excluding hydrogens is 172 g/mol. The molecule has 0 radical (unpaired) electrons. The second-order valence-corrected chi connectivity index (χ2v) is 4.88. The van der Waals surface area contributed by atoms with E-state index in [1.807, 2.05) is 0 Å². The molecule has 0 aromatic carbocycles. The van der Waals surface area contributed by atoms with Gasteiger partial charge >= 0.3 is 0 Å². The minimum atomic E-state index is 0.437. The zero-order valence-electron chi connectivity index (χ0n) is 9.31. The average molecular weight is 194 g/mol. The highest BCUT2D eigenvalue weighted by Gasteiger charge is 2.43. The maximum absolute atomic E-state index is 8.10. The predicted octanol–water partition coefficient (Wildman–Crippen LogP) is 3.17. The van der Waals surface area contributed by atoms with Gasteiger partial charge in [0, 0.05) is 18.5 Å². The Morgan fingerprint density at radius 1 is 1.21 bits per heavy atom. The summed E-state index contributed by atoms with van der Waals surface area (Å²) in [4.78, 5) is 2.43. The van der Waals surface area contributed by atoms with E-state index in [0.29, 0.717) is 5.54 Å². The molecule has 0 aromatic rings. The van der Waals surface area contributed by atoms with E-state index in [1.165, 1.54) is 38.5 Å². The summed E-state index contributed by atoms with van der Waals surface area (Å²) in [7, 11) is 0. The molecule has 0 unspecified atom stereocenters. The minimum Gasteiger partial charge on any atom is -0.355 e. The van der Waals surface area contributed by atoms with Crippen molar-refractivity contribution in [2.24, 2.45) is 0 Å². The third-order valence-electron chi connectivity index (χ3n) is 3.94. The first kappa shape index (κ1) is 10.0. The SMILES string of the molecule is CCCC(=N)N1CCCC12CCCC2. The van der Waals surface area contributed by atoms with Crippen LogP contribution in [0.1, 0.15) is 58.3 Å². The normalized spacial score (nSPS) is 24.8. The van der Waals surface area contributed by atoms with E-state index in [-0.39, 0.29) is 0 Å². The van der Waals surface area contributed by atoms with Crippen molar-refractivity contribution < 1.29 is 0 Å². The smallest absolute Gasteiger partial charge is 0.0962 e. The Morgan fingerprint density at radius 3 is 2.50 bits per heavy atom. The molecule has 1 saturated carbocycles. The first-order chi connectivity index (χ1) is 6.78. The van der Waals surface area contributed by atoms with Gasteiger partial charge in [-0.05, 0) is 32.1 Å². The second kappa shape index (κ2) is 3.92. The van der Waals surface area contributed by atoms with Crippen LogP contribution in [0.5, 0.6) is 0 Å². The highest BCUT2D eigenvalue weighted by atomic mass is 15.3. The van der Waals surface area contributed by atoms with Crippen molar-refractivity contribution in [2.45, 2.75) is 63.8 Å². The first-order valence-electron chi connectivity index (χ1n) is 6.13. The summed E-state index contributed by atoms with van der Waals surface area (Å²) in [5.41, 5.74) is 0.437. The van der Waals surface area contributed by atoms with Crippen LogP contribution in [0.2, 0.25) is 0 Å². The summed E-state index contributed by atoms with van der Waals surface area (Å²) in [5.74, 6) is 0.909. The van der Waals surface area contributed by atoms with E-state index < -0.39 is 0 Å². The molecule has 14 heavy (non-hydrogen) atoms. The lowest BCUT2D eigenvalue weighted by Crippen LogP contribution is -2.44. The van der Waals surface area contributed by atoms with Gasteiger partial charge in [-0.15, -0.1) is 0 Å². The summed E-state index contributed by atoms with van der Waals surface area (Å²) in [6.07, 6.45) is 10.2. The highest BCUT2D eigenvalue weighted by Crippen LogP contribution is 2.43. The molecule has 1 aliphatic carbocycles. The third-order valence-corrected chi connectivity index (χ3v) is 3.94. The third kappa shape index (κ3) is 1.55. The van der Waals surface area contributed by atoms with Crippen LogP contribution in [0.4, 0.5) is 0 Å². The van der Waals surface area contributed by atoms with E-state index in [1.54, 1.807) is 0 Å². The molecule has 1 aliphatic heterocycles. The lowest BCUT2D eigenvalue weighted by molar-refractivity contribution is 0.230. The summed E-state index contributed by atoms with van der Waals surface area (Å²) in [6.45, 7) is 3.32. The molecule has 2 rings (SSSR count). The Hall–Kier alpha value is -0.530. The van der Waals surface area contributed by atoms with Crippen LogP contribution in [0.15, 0.2) is 0 Å². The van der Waals surface area contributed by atoms with Crippen LogP contribution >= 0.6 is 0 Å². The monoisotopic (exact) mass is 194 g/mol.